The van der Waals surface area contributed by atoms with E-state index in [9.17, 15) is 9.59 Å². The van der Waals surface area contributed by atoms with Gasteiger partial charge in [-0.15, -0.1) is 0 Å². The number of hydrogen-bond acceptors (Lipinski definition) is 4. The summed E-state index contributed by atoms with van der Waals surface area (Å²) in [6.45, 7) is 3.22. The summed E-state index contributed by atoms with van der Waals surface area (Å²) in [6, 6.07) is 17.7. The highest BCUT2D eigenvalue weighted by Gasteiger charge is 2.55. The molecule has 0 aliphatic carbocycles. The molecule has 6 heteroatoms. The van der Waals surface area contributed by atoms with E-state index in [4.69, 9.17) is 10.5 Å². The van der Waals surface area contributed by atoms with Crippen LogP contribution in [0.25, 0.3) is 0 Å². The maximum Gasteiger partial charge on any atom is 0.238 e. The molecule has 2 aliphatic rings. The molecule has 4 rings (SSSR count). The summed E-state index contributed by atoms with van der Waals surface area (Å²) in [5.74, 6) is -1.15. The number of piperidine rings is 1. The van der Waals surface area contributed by atoms with Gasteiger partial charge in [0, 0.05) is 38.2 Å². The van der Waals surface area contributed by atoms with Gasteiger partial charge in [0.1, 0.15) is 11.7 Å². The Morgan fingerprint density at radius 3 is 2.62 bits per heavy atom. The Balaban J connectivity index is 1.54. The number of benzene rings is 2. The maximum atomic E-state index is 13.3. The van der Waals surface area contributed by atoms with Crippen LogP contribution in [0.1, 0.15) is 31.2 Å². The summed E-state index contributed by atoms with van der Waals surface area (Å²) in [4.78, 5) is 29.4. The number of hydrogen-bond donors (Lipinski definition) is 1. The topological polar surface area (TPSA) is 75.9 Å². The van der Waals surface area contributed by atoms with Crippen LogP contribution in [0.5, 0.6) is 5.75 Å². The summed E-state index contributed by atoms with van der Waals surface area (Å²) in [6.07, 6.45) is 1.33. The van der Waals surface area contributed by atoms with Crippen molar-refractivity contribution in [2.45, 2.75) is 31.4 Å². The molecule has 29 heavy (non-hydrogen) atoms. The van der Waals surface area contributed by atoms with Gasteiger partial charge in [0.25, 0.3) is 0 Å². The summed E-state index contributed by atoms with van der Waals surface area (Å²) in [5, 5.41) is 0. The van der Waals surface area contributed by atoms with Crippen molar-refractivity contribution in [3.05, 3.63) is 60.2 Å². The first-order valence-electron chi connectivity index (χ1n) is 10.1. The Kier molecular flexibility index (Phi) is 4.94. The first-order chi connectivity index (χ1) is 13.9. The number of carbonyl (C=O) groups is 2. The number of nitrogens with zero attached hydrogens (tertiary/aromatic N) is 2. The van der Waals surface area contributed by atoms with Gasteiger partial charge in [0.2, 0.25) is 11.8 Å². The van der Waals surface area contributed by atoms with Crippen molar-refractivity contribution in [1.82, 2.24) is 4.90 Å². The summed E-state index contributed by atoms with van der Waals surface area (Å²) >= 11 is 0. The van der Waals surface area contributed by atoms with Crippen LogP contribution >= 0.6 is 0 Å². The van der Waals surface area contributed by atoms with Gasteiger partial charge in [-0.25, -0.2) is 0 Å². The second-order valence-corrected chi connectivity index (χ2v) is 8.11. The third-order valence-electron chi connectivity index (χ3n) is 6.13. The monoisotopic (exact) mass is 393 g/mol. The van der Waals surface area contributed by atoms with Crippen LogP contribution in [0.15, 0.2) is 54.6 Å². The molecule has 2 amide bonds. The molecule has 2 aromatic rings. The molecular formula is C23H27N3O3. The molecule has 0 aromatic heterocycles. The molecule has 0 unspecified atom stereocenters. The van der Waals surface area contributed by atoms with E-state index < -0.39 is 17.6 Å². The van der Waals surface area contributed by atoms with Gasteiger partial charge in [0.15, 0.2) is 5.72 Å². The fourth-order valence-electron chi connectivity index (χ4n) is 4.66. The average molecular weight is 393 g/mol. The zero-order valence-electron chi connectivity index (χ0n) is 16.9. The van der Waals surface area contributed by atoms with Crippen LogP contribution in [-0.2, 0) is 9.59 Å². The number of ether oxygens (including phenoxy) is 1. The summed E-state index contributed by atoms with van der Waals surface area (Å²) in [7, 11) is 2.03. The van der Waals surface area contributed by atoms with Gasteiger partial charge in [0.05, 0.1) is 0 Å². The standard InChI is InChI=1S/C23H27N3O3/c1-23-15-18(17-11-6-7-12-19(17)29-23)20(21(24)27)22(28)26(23)14-8-13-25(2)16-9-4-3-5-10-16/h3-7,9-12,18,20H,8,13-15H2,1-2H3,(H2,24,27)/t18-,20-,23+/m0/s1. The van der Waals surface area contributed by atoms with E-state index >= 15 is 0 Å². The highest BCUT2D eigenvalue weighted by Crippen LogP contribution is 2.49. The minimum Gasteiger partial charge on any atom is -0.468 e. The molecule has 1 fully saturated rings. The van der Waals surface area contributed by atoms with Crippen molar-refractivity contribution >= 4 is 17.5 Å². The molecule has 2 heterocycles. The van der Waals surface area contributed by atoms with Crippen LogP contribution in [0, 0.1) is 5.92 Å². The number of likely N-dealkylation sites (tertiary alicyclic amines) is 1. The van der Waals surface area contributed by atoms with E-state index in [1.165, 1.54) is 0 Å². The third kappa shape index (κ3) is 3.43. The van der Waals surface area contributed by atoms with Gasteiger partial charge >= 0.3 is 0 Å². The maximum absolute atomic E-state index is 13.3. The lowest BCUT2D eigenvalue weighted by molar-refractivity contribution is -0.175. The minimum absolute atomic E-state index is 0.229. The van der Waals surface area contributed by atoms with Gasteiger partial charge in [-0.2, -0.15) is 0 Å². The van der Waals surface area contributed by atoms with Crippen LogP contribution < -0.4 is 15.4 Å². The fourth-order valence-corrected chi connectivity index (χ4v) is 4.66. The van der Waals surface area contributed by atoms with Crippen molar-refractivity contribution in [2.24, 2.45) is 11.7 Å². The number of rotatable bonds is 6. The minimum atomic E-state index is -0.847. The second-order valence-electron chi connectivity index (χ2n) is 8.11. The molecule has 2 aliphatic heterocycles. The third-order valence-corrected chi connectivity index (χ3v) is 6.13. The van der Waals surface area contributed by atoms with Crippen LogP contribution in [0.3, 0.4) is 0 Å². The van der Waals surface area contributed by atoms with Gasteiger partial charge in [-0.3, -0.25) is 9.59 Å². The van der Waals surface area contributed by atoms with Gasteiger partial charge < -0.3 is 20.3 Å². The van der Waals surface area contributed by atoms with Crippen molar-refractivity contribution in [3.63, 3.8) is 0 Å². The number of amides is 2. The zero-order chi connectivity index (χ0) is 20.6. The first-order valence-corrected chi connectivity index (χ1v) is 10.1. The van der Waals surface area contributed by atoms with Crippen molar-refractivity contribution in [3.8, 4) is 5.75 Å². The number of fused-ring (bicyclic) bond motifs is 4. The van der Waals surface area contributed by atoms with Crippen molar-refractivity contribution < 1.29 is 14.3 Å². The van der Waals surface area contributed by atoms with Crippen LogP contribution in [-0.4, -0.2) is 42.6 Å². The quantitative estimate of drug-likeness (QED) is 0.766. The Bertz CT molecular complexity index is 917. The lowest BCUT2D eigenvalue weighted by Gasteiger charge is -2.52. The molecule has 2 N–H and O–H groups in total. The second kappa shape index (κ2) is 7.43. The molecule has 1 saturated heterocycles. The zero-order valence-corrected chi connectivity index (χ0v) is 16.9. The van der Waals surface area contributed by atoms with Gasteiger partial charge in [-0.1, -0.05) is 36.4 Å². The molecule has 152 valence electrons. The Hall–Kier alpha value is -3.02. The number of para-hydroxylation sites is 2. The van der Waals surface area contributed by atoms with E-state index in [0.717, 1.165) is 30.0 Å². The fraction of sp³-hybridized carbons (Fsp3) is 0.391. The predicted molar refractivity (Wildman–Crippen MR) is 112 cm³/mol. The number of carbonyl (C=O) groups excluding carboxylic acids is 2. The largest absolute Gasteiger partial charge is 0.468 e. The summed E-state index contributed by atoms with van der Waals surface area (Å²) in [5.41, 5.74) is 6.92. The van der Waals surface area contributed by atoms with Gasteiger partial charge in [-0.05, 0) is 37.1 Å². The van der Waals surface area contributed by atoms with E-state index in [0.29, 0.717) is 13.0 Å². The lowest BCUT2D eigenvalue weighted by Crippen LogP contribution is -2.64. The smallest absolute Gasteiger partial charge is 0.238 e. The molecule has 2 bridgehead atoms. The highest BCUT2D eigenvalue weighted by molar-refractivity contribution is 6.01. The van der Waals surface area contributed by atoms with E-state index in [1.807, 2.05) is 56.4 Å². The van der Waals surface area contributed by atoms with Crippen molar-refractivity contribution in [2.75, 3.05) is 25.0 Å². The Labute approximate surface area is 171 Å². The molecule has 3 atom stereocenters. The van der Waals surface area contributed by atoms with E-state index in [2.05, 4.69) is 17.0 Å². The summed E-state index contributed by atoms with van der Waals surface area (Å²) < 4.78 is 6.28. The predicted octanol–water partition coefficient (Wildman–Crippen LogP) is 2.74. The SMILES string of the molecule is CN(CCCN1C(=O)[C@H](C(N)=O)[C@H]2C[C@@]1(C)Oc1ccccc12)c1ccccc1. The normalized spacial score (nSPS) is 25.2. The Morgan fingerprint density at radius 1 is 1.21 bits per heavy atom. The highest BCUT2D eigenvalue weighted by atomic mass is 16.5. The molecular weight excluding hydrogens is 366 g/mol. The number of primary amides is 1. The van der Waals surface area contributed by atoms with E-state index in [-0.39, 0.29) is 11.8 Å². The van der Waals surface area contributed by atoms with Crippen LogP contribution in [0.4, 0.5) is 5.69 Å². The van der Waals surface area contributed by atoms with Crippen LogP contribution in [0.2, 0.25) is 0 Å². The molecule has 2 aromatic carbocycles. The molecule has 0 saturated carbocycles. The lowest BCUT2D eigenvalue weighted by atomic mass is 9.73. The molecule has 0 radical (unpaired) electrons. The number of anilines is 1. The van der Waals surface area contributed by atoms with E-state index in [1.54, 1.807) is 4.90 Å². The molecule has 0 spiro atoms. The van der Waals surface area contributed by atoms with Crippen molar-refractivity contribution in [1.29, 1.82) is 0 Å². The first kappa shape index (κ1) is 19.3. The average Bonchev–Trinajstić information content (AvgIpc) is 2.70. The molecule has 6 nitrogen and oxygen atoms in total. The number of nitrogens with two attached hydrogens (primary N) is 1. The Morgan fingerprint density at radius 2 is 1.90 bits per heavy atom.